The summed E-state index contributed by atoms with van der Waals surface area (Å²) in [6, 6.07) is 8.17. The van der Waals surface area contributed by atoms with Crippen LogP contribution in [0.5, 0.6) is 0 Å². The zero-order chi connectivity index (χ0) is 16.9. The number of carbonyl (C=O) groups is 1. The fraction of sp³-hybridized carbons (Fsp3) is 0.389. The number of carbonyl (C=O) groups excluding carboxylic acids is 1. The van der Waals surface area contributed by atoms with Crippen LogP contribution in [0.1, 0.15) is 28.4 Å². The molecule has 6 heteroatoms. The Morgan fingerprint density at radius 2 is 2.04 bits per heavy atom. The summed E-state index contributed by atoms with van der Waals surface area (Å²) < 4.78 is 13.8. The largest absolute Gasteiger partial charge is 0.387 e. The van der Waals surface area contributed by atoms with Gasteiger partial charge < -0.3 is 10.0 Å². The van der Waals surface area contributed by atoms with Crippen LogP contribution in [-0.2, 0) is 0 Å². The molecule has 0 saturated carbocycles. The Kier molecular flexibility index (Phi) is 5.60. The maximum Gasteiger partial charge on any atom is 0.254 e. The second-order valence-corrected chi connectivity index (χ2v) is 6.78. The summed E-state index contributed by atoms with van der Waals surface area (Å²) in [7, 11) is 0. The minimum Gasteiger partial charge on any atom is -0.387 e. The fourth-order valence-electron chi connectivity index (χ4n) is 3.01. The number of nitrogens with zero attached hydrogens (tertiary/aromatic N) is 2. The molecule has 1 aromatic heterocycles. The predicted octanol–water partition coefficient (Wildman–Crippen LogP) is 2.77. The normalized spacial score (nSPS) is 17.5. The number of thiophene rings is 1. The molecule has 0 unspecified atom stereocenters. The lowest BCUT2D eigenvalue weighted by Gasteiger charge is -2.24. The summed E-state index contributed by atoms with van der Waals surface area (Å²) in [5, 5.41) is 14.1. The molecular formula is C18H21FN2O2S. The second-order valence-electron chi connectivity index (χ2n) is 6.00. The lowest BCUT2D eigenvalue weighted by molar-refractivity contribution is 0.0754. The molecule has 1 saturated heterocycles. The zero-order valence-corrected chi connectivity index (χ0v) is 14.2. The van der Waals surface area contributed by atoms with Gasteiger partial charge in [-0.25, -0.2) is 4.39 Å². The summed E-state index contributed by atoms with van der Waals surface area (Å²) in [5.74, 6) is -0.318. The number of hydrogen-bond acceptors (Lipinski definition) is 4. The van der Waals surface area contributed by atoms with Gasteiger partial charge in [0, 0.05) is 43.7 Å². The van der Waals surface area contributed by atoms with E-state index in [4.69, 9.17) is 0 Å². The molecular weight excluding hydrogens is 327 g/mol. The van der Waals surface area contributed by atoms with Gasteiger partial charge in [0.1, 0.15) is 5.82 Å². The number of hydrogen-bond donors (Lipinski definition) is 1. The molecule has 1 atom stereocenters. The van der Waals surface area contributed by atoms with Crippen molar-refractivity contribution in [2.24, 2.45) is 0 Å². The van der Waals surface area contributed by atoms with Crippen molar-refractivity contribution < 1.29 is 14.3 Å². The maximum absolute atomic E-state index is 13.8. The van der Waals surface area contributed by atoms with Gasteiger partial charge in [-0.1, -0.05) is 18.2 Å². The Hall–Kier alpha value is -1.76. The van der Waals surface area contributed by atoms with Gasteiger partial charge in [0.25, 0.3) is 5.91 Å². The van der Waals surface area contributed by atoms with Crippen LogP contribution in [-0.4, -0.2) is 53.5 Å². The van der Waals surface area contributed by atoms with Crippen molar-refractivity contribution in [3.63, 3.8) is 0 Å². The van der Waals surface area contributed by atoms with Crippen LogP contribution in [0.15, 0.2) is 41.1 Å². The van der Waals surface area contributed by atoms with E-state index in [-0.39, 0.29) is 11.7 Å². The van der Waals surface area contributed by atoms with Gasteiger partial charge in [0.2, 0.25) is 0 Å². The van der Waals surface area contributed by atoms with Gasteiger partial charge in [0.05, 0.1) is 11.7 Å². The topological polar surface area (TPSA) is 43.8 Å². The van der Waals surface area contributed by atoms with Gasteiger partial charge in [-0.3, -0.25) is 9.69 Å². The molecule has 24 heavy (non-hydrogen) atoms. The third kappa shape index (κ3) is 4.01. The number of β-amino-alcohol motifs (C(OH)–C–C–N with tert-alkyl or cyclic N) is 1. The highest BCUT2D eigenvalue weighted by molar-refractivity contribution is 7.08. The lowest BCUT2D eigenvalue weighted by Crippen LogP contribution is -2.36. The van der Waals surface area contributed by atoms with E-state index >= 15 is 0 Å². The van der Waals surface area contributed by atoms with Crippen LogP contribution in [0, 0.1) is 5.82 Å². The van der Waals surface area contributed by atoms with Crippen molar-refractivity contribution in [2.75, 3.05) is 32.7 Å². The molecule has 3 rings (SSSR count). The zero-order valence-electron chi connectivity index (χ0n) is 13.4. The minimum absolute atomic E-state index is 0.0627. The van der Waals surface area contributed by atoms with E-state index in [1.165, 1.54) is 17.4 Å². The Balaban J connectivity index is 1.58. The highest BCUT2D eigenvalue weighted by Gasteiger charge is 2.22. The summed E-state index contributed by atoms with van der Waals surface area (Å²) in [6.07, 6.45) is -0.00909. The Bertz CT molecular complexity index is 677. The molecule has 128 valence electrons. The smallest absolute Gasteiger partial charge is 0.254 e. The van der Waals surface area contributed by atoms with Gasteiger partial charge in [-0.2, -0.15) is 11.3 Å². The number of aliphatic hydroxyl groups excluding tert-OH is 1. The first-order valence-electron chi connectivity index (χ1n) is 8.11. The highest BCUT2D eigenvalue weighted by Crippen LogP contribution is 2.19. The van der Waals surface area contributed by atoms with Gasteiger partial charge in [0.15, 0.2) is 0 Å². The summed E-state index contributed by atoms with van der Waals surface area (Å²) in [5.41, 5.74) is 1.06. The molecule has 2 aromatic rings. The predicted molar refractivity (Wildman–Crippen MR) is 92.6 cm³/mol. The van der Waals surface area contributed by atoms with Crippen LogP contribution < -0.4 is 0 Å². The van der Waals surface area contributed by atoms with Gasteiger partial charge in [-0.15, -0.1) is 0 Å². The minimum atomic E-state index is -0.856. The number of halogens is 1. The van der Waals surface area contributed by atoms with Crippen molar-refractivity contribution in [1.29, 1.82) is 0 Å². The Morgan fingerprint density at radius 1 is 1.21 bits per heavy atom. The van der Waals surface area contributed by atoms with Crippen LogP contribution in [0.3, 0.4) is 0 Å². The molecule has 1 fully saturated rings. The molecule has 1 aliphatic rings. The van der Waals surface area contributed by atoms with E-state index in [2.05, 4.69) is 4.90 Å². The Labute approximate surface area is 145 Å². The lowest BCUT2D eigenvalue weighted by atomic mass is 10.1. The van der Waals surface area contributed by atoms with E-state index in [1.54, 1.807) is 18.2 Å². The molecule has 1 aliphatic heterocycles. The average Bonchev–Trinajstić information content (AvgIpc) is 3.02. The number of rotatable bonds is 4. The molecule has 0 spiro atoms. The SMILES string of the molecule is O=C(c1ccsc1)N1CCCN(C[C@H](O)c2ccccc2F)CC1. The summed E-state index contributed by atoms with van der Waals surface area (Å²) in [4.78, 5) is 16.4. The molecule has 1 aromatic carbocycles. The Morgan fingerprint density at radius 3 is 2.79 bits per heavy atom. The fourth-order valence-corrected chi connectivity index (χ4v) is 3.64. The van der Waals surface area contributed by atoms with Crippen molar-refractivity contribution in [3.05, 3.63) is 58.0 Å². The van der Waals surface area contributed by atoms with Crippen LogP contribution >= 0.6 is 11.3 Å². The monoisotopic (exact) mass is 348 g/mol. The average molecular weight is 348 g/mol. The molecule has 0 aliphatic carbocycles. The highest BCUT2D eigenvalue weighted by atomic mass is 32.1. The summed E-state index contributed by atoms with van der Waals surface area (Å²) in [6.45, 7) is 3.18. The van der Waals surface area contributed by atoms with Gasteiger partial charge in [-0.05, 0) is 23.9 Å². The molecule has 2 heterocycles. The van der Waals surface area contributed by atoms with Crippen molar-refractivity contribution in [1.82, 2.24) is 9.80 Å². The maximum atomic E-state index is 13.8. The standard InChI is InChI=1S/C18H21FN2O2S/c19-16-5-2-1-4-15(16)17(22)12-20-7-3-8-21(10-9-20)18(23)14-6-11-24-13-14/h1-2,4-6,11,13,17,22H,3,7-10,12H2/t17-/m0/s1. The third-order valence-corrected chi connectivity index (χ3v) is 5.02. The molecule has 4 nitrogen and oxygen atoms in total. The quantitative estimate of drug-likeness (QED) is 0.924. The molecule has 1 amide bonds. The van der Waals surface area contributed by atoms with E-state index in [0.717, 1.165) is 18.5 Å². The van der Waals surface area contributed by atoms with Gasteiger partial charge >= 0.3 is 0 Å². The van der Waals surface area contributed by atoms with Crippen molar-refractivity contribution in [2.45, 2.75) is 12.5 Å². The van der Waals surface area contributed by atoms with E-state index in [9.17, 15) is 14.3 Å². The van der Waals surface area contributed by atoms with Crippen molar-refractivity contribution in [3.8, 4) is 0 Å². The van der Waals surface area contributed by atoms with Crippen LogP contribution in [0.4, 0.5) is 4.39 Å². The first-order chi connectivity index (χ1) is 11.6. The second kappa shape index (κ2) is 7.88. The molecule has 0 bridgehead atoms. The number of aliphatic hydroxyl groups is 1. The van der Waals surface area contributed by atoms with E-state index in [1.807, 2.05) is 21.7 Å². The van der Waals surface area contributed by atoms with Crippen LogP contribution in [0.25, 0.3) is 0 Å². The first kappa shape index (κ1) is 17.1. The van der Waals surface area contributed by atoms with Crippen LogP contribution in [0.2, 0.25) is 0 Å². The summed E-state index contributed by atoms with van der Waals surface area (Å²) >= 11 is 1.52. The number of amides is 1. The van der Waals surface area contributed by atoms with E-state index in [0.29, 0.717) is 31.7 Å². The third-order valence-electron chi connectivity index (χ3n) is 4.34. The molecule has 0 radical (unpaired) electrons. The van der Waals surface area contributed by atoms with Crippen molar-refractivity contribution >= 4 is 17.2 Å². The number of benzene rings is 1. The molecule has 1 N–H and O–H groups in total. The first-order valence-corrected chi connectivity index (χ1v) is 9.06. The van der Waals surface area contributed by atoms with E-state index < -0.39 is 6.10 Å².